The van der Waals surface area contributed by atoms with E-state index in [1.54, 1.807) is 42.7 Å². The van der Waals surface area contributed by atoms with Gasteiger partial charge in [-0.3, -0.25) is 4.72 Å². The molecule has 0 spiro atoms. The number of anilines is 2. The topological polar surface area (TPSA) is 110 Å². The molecule has 180 valence electrons. The molecule has 2 heterocycles. The first-order valence-corrected chi connectivity index (χ1v) is 12.9. The summed E-state index contributed by atoms with van der Waals surface area (Å²) < 4.78 is 33.8. The third-order valence-corrected chi connectivity index (χ3v) is 7.30. The fourth-order valence-electron chi connectivity index (χ4n) is 4.27. The average molecular weight is 492 g/mol. The first kappa shape index (κ1) is 23.0. The van der Waals surface area contributed by atoms with Crippen LogP contribution in [0.15, 0.2) is 54.9 Å². The second-order valence-electron chi connectivity index (χ2n) is 8.49. The van der Waals surface area contributed by atoms with Crippen molar-refractivity contribution in [3.63, 3.8) is 0 Å². The number of nitrogens with zero attached hydrogens (tertiary/aromatic N) is 4. The predicted molar refractivity (Wildman–Crippen MR) is 136 cm³/mol. The zero-order valence-electron chi connectivity index (χ0n) is 19.1. The van der Waals surface area contributed by atoms with Crippen molar-refractivity contribution in [1.82, 2.24) is 9.97 Å². The van der Waals surface area contributed by atoms with E-state index in [4.69, 9.17) is 4.74 Å². The van der Waals surface area contributed by atoms with Gasteiger partial charge in [-0.25, -0.2) is 18.4 Å². The molecule has 1 saturated heterocycles. The third-order valence-electron chi connectivity index (χ3n) is 6.04. The van der Waals surface area contributed by atoms with Crippen molar-refractivity contribution in [3.8, 4) is 0 Å². The highest BCUT2D eigenvalue weighted by atomic mass is 32.2. The molecule has 1 aliphatic carbocycles. The van der Waals surface area contributed by atoms with Gasteiger partial charge in [0.25, 0.3) is 0 Å². The van der Waals surface area contributed by atoms with Crippen molar-refractivity contribution in [2.75, 3.05) is 35.9 Å². The Bertz CT molecular complexity index is 1380. The van der Waals surface area contributed by atoms with Crippen molar-refractivity contribution in [2.45, 2.75) is 12.2 Å². The molecular formula is C25H25N5O4S. The van der Waals surface area contributed by atoms with E-state index >= 15 is 0 Å². The molecule has 5 rings (SSSR count). The molecule has 0 atom stereocenters. The number of hydrogen-bond acceptors (Lipinski definition) is 7. The zero-order chi connectivity index (χ0) is 24.4. The Morgan fingerprint density at radius 1 is 1.06 bits per heavy atom. The van der Waals surface area contributed by atoms with Crippen LogP contribution in [0, 0.1) is 5.21 Å². The summed E-state index contributed by atoms with van der Waals surface area (Å²) in [6.45, 7) is 6.25. The highest BCUT2D eigenvalue weighted by molar-refractivity contribution is 7.91. The maximum atomic E-state index is 12.6. The summed E-state index contributed by atoms with van der Waals surface area (Å²) >= 11 is 0. The Hall–Kier alpha value is -3.76. The third kappa shape index (κ3) is 5.18. The van der Waals surface area contributed by atoms with Gasteiger partial charge >= 0.3 is 0 Å². The molecule has 1 aliphatic heterocycles. The average Bonchev–Trinajstić information content (AvgIpc) is 3.29. The lowest BCUT2D eigenvalue weighted by molar-refractivity contribution is -0.349. The molecule has 2 aromatic carbocycles. The monoisotopic (exact) mass is 491 g/mol. The van der Waals surface area contributed by atoms with Gasteiger partial charge in [0, 0.05) is 42.9 Å². The molecule has 1 fully saturated rings. The van der Waals surface area contributed by atoms with Gasteiger partial charge in [-0.15, -0.1) is 0 Å². The van der Waals surface area contributed by atoms with E-state index in [2.05, 4.69) is 32.4 Å². The van der Waals surface area contributed by atoms with Gasteiger partial charge in [-0.2, -0.15) is 4.74 Å². The summed E-state index contributed by atoms with van der Waals surface area (Å²) in [5.74, 6) is 0.734. The van der Waals surface area contributed by atoms with Gasteiger partial charge in [0.05, 0.1) is 24.7 Å². The van der Waals surface area contributed by atoms with Crippen molar-refractivity contribution in [3.05, 3.63) is 82.4 Å². The van der Waals surface area contributed by atoms with Crippen LogP contribution in [0.1, 0.15) is 22.4 Å². The van der Waals surface area contributed by atoms with E-state index in [1.807, 2.05) is 12.1 Å². The van der Waals surface area contributed by atoms with E-state index in [-0.39, 0.29) is 5.75 Å². The second kappa shape index (κ2) is 9.47. The van der Waals surface area contributed by atoms with E-state index in [9.17, 15) is 13.6 Å². The van der Waals surface area contributed by atoms with Crippen LogP contribution in [0.3, 0.4) is 0 Å². The van der Waals surface area contributed by atoms with Crippen LogP contribution < -0.4 is 9.62 Å². The molecule has 0 unspecified atom stereocenters. The number of ether oxygens (including phenoxy) is 1. The van der Waals surface area contributed by atoms with Crippen molar-refractivity contribution in [1.29, 1.82) is 0 Å². The van der Waals surface area contributed by atoms with Crippen LogP contribution >= 0.6 is 0 Å². The molecule has 0 saturated carbocycles. The Morgan fingerprint density at radius 3 is 2.46 bits per heavy atom. The number of sulfonamides is 1. The van der Waals surface area contributed by atoms with Crippen LogP contribution in [-0.4, -0.2) is 56.1 Å². The Kier molecular flexibility index (Phi) is 6.23. The Labute approximate surface area is 204 Å². The highest BCUT2D eigenvalue weighted by Gasteiger charge is 2.23. The van der Waals surface area contributed by atoms with E-state index in [1.165, 1.54) is 0 Å². The molecule has 3 aromatic rings. The lowest BCUT2D eigenvalue weighted by Gasteiger charge is -2.28. The molecule has 2 aliphatic rings. The maximum absolute atomic E-state index is 12.6. The van der Waals surface area contributed by atoms with Gasteiger partial charge < -0.3 is 14.8 Å². The Balaban J connectivity index is 1.28. The Morgan fingerprint density at radius 2 is 1.77 bits per heavy atom. The van der Waals surface area contributed by atoms with Crippen molar-refractivity contribution in [2.24, 2.45) is 0 Å². The van der Waals surface area contributed by atoms with Gasteiger partial charge in [0.1, 0.15) is 18.9 Å². The zero-order valence-corrected chi connectivity index (χ0v) is 19.9. The fourth-order valence-corrected chi connectivity index (χ4v) is 5.47. The van der Waals surface area contributed by atoms with Crippen LogP contribution in [0.25, 0.3) is 11.6 Å². The summed E-state index contributed by atoms with van der Waals surface area (Å²) in [6.07, 6.45) is 4.43. The maximum Gasteiger partial charge on any atom is 0.236 e. The minimum Gasteiger partial charge on any atom is -0.619 e. The number of aromatic nitrogens is 2. The lowest BCUT2D eigenvalue weighted by atomic mass is 10.0. The minimum absolute atomic E-state index is 0.200. The van der Waals surface area contributed by atoms with Crippen LogP contribution in [0.2, 0.25) is 0 Å². The van der Waals surface area contributed by atoms with Gasteiger partial charge in [-0.1, -0.05) is 24.3 Å². The molecule has 0 radical (unpaired) electrons. The van der Waals surface area contributed by atoms with Crippen LogP contribution in [0.5, 0.6) is 0 Å². The van der Waals surface area contributed by atoms with E-state index in [0.717, 1.165) is 41.3 Å². The number of nitrogens with one attached hydrogen (secondary N) is 1. The number of rotatable bonds is 7. The number of hydrogen-bond donors (Lipinski definition) is 1. The number of fused-ring (bicyclic) bond motifs is 1. The minimum atomic E-state index is -3.62. The van der Waals surface area contributed by atoms with E-state index < -0.39 is 10.0 Å². The number of morpholine rings is 1. The van der Waals surface area contributed by atoms with Crippen molar-refractivity contribution >= 4 is 45.6 Å². The van der Waals surface area contributed by atoms with Crippen molar-refractivity contribution < 1.29 is 17.9 Å². The standard InChI is InChI=1S/C25H25N5O4S/c1-29(31)22-8-2-18(3-9-22)16-35(32,33)28-21-6-4-19(5-7-21)20-14-23-24(15-20)26-17-27-25(23)30-10-12-34-13-11-30/h2-9,14,17,28H,1,10-13,15-16H2. The molecule has 1 N–H and O–H groups in total. The quantitative estimate of drug-likeness (QED) is 0.234. The normalized spacial score (nSPS) is 15.4. The second-order valence-corrected chi connectivity index (χ2v) is 10.2. The molecule has 0 bridgehead atoms. The van der Waals surface area contributed by atoms with E-state index in [0.29, 0.717) is 41.3 Å². The smallest absolute Gasteiger partial charge is 0.236 e. The molecule has 0 amide bonds. The predicted octanol–water partition coefficient (Wildman–Crippen LogP) is 3.19. The summed E-state index contributed by atoms with van der Waals surface area (Å²) in [4.78, 5) is 11.2. The van der Waals surface area contributed by atoms with Crippen LogP contribution in [0.4, 0.5) is 17.2 Å². The van der Waals surface area contributed by atoms with Gasteiger partial charge in [-0.05, 0) is 34.9 Å². The highest BCUT2D eigenvalue weighted by Crippen LogP contribution is 2.35. The fraction of sp³-hybridized carbons (Fsp3) is 0.240. The first-order valence-electron chi connectivity index (χ1n) is 11.2. The number of allylic oxidation sites excluding steroid dienone is 1. The molecule has 9 nitrogen and oxygen atoms in total. The molecule has 10 heteroatoms. The van der Waals surface area contributed by atoms with Gasteiger partial charge in [0.2, 0.25) is 15.7 Å². The van der Waals surface area contributed by atoms with Gasteiger partial charge in [0.15, 0.2) is 0 Å². The first-order chi connectivity index (χ1) is 16.9. The molecular weight excluding hydrogens is 466 g/mol. The number of benzene rings is 2. The largest absolute Gasteiger partial charge is 0.619 e. The summed E-state index contributed by atoms with van der Waals surface area (Å²) in [5, 5.41) is 11.2. The summed E-state index contributed by atoms with van der Waals surface area (Å²) in [5.41, 5.74) is 5.57. The van der Waals surface area contributed by atoms with Crippen LogP contribution in [-0.2, 0) is 26.9 Å². The molecule has 35 heavy (non-hydrogen) atoms. The summed E-state index contributed by atoms with van der Waals surface area (Å²) in [6, 6.07) is 13.6. The molecule has 1 aromatic heterocycles. The lowest BCUT2D eigenvalue weighted by Crippen LogP contribution is -2.37. The summed E-state index contributed by atoms with van der Waals surface area (Å²) in [7, 11) is -3.62. The SMILES string of the molecule is C=[N+]([O-])c1ccc(CS(=O)(=O)Nc2ccc(C3=Cc4c(ncnc4N4CCOCC4)C3)cc2)cc1.